The van der Waals surface area contributed by atoms with Crippen molar-refractivity contribution in [2.24, 2.45) is 0 Å². The molecule has 0 aliphatic rings. The SMILES string of the molecule is CC(C)(C)NS(=O)(=O)c1ccc(NC(=S)NC(=O)c2ccc(Cl)cc2Cl)cc1. The number of anilines is 1. The van der Waals surface area contributed by atoms with E-state index >= 15 is 0 Å². The molecule has 0 fully saturated rings. The van der Waals surface area contributed by atoms with E-state index in [4.69, 9.17) is 35.4 Å². The van der Waals surface area contributed by atoms with Crippen LogP contribution in [0, 0.1) is 0 Å². The summed E-state index contributed by atoms with van der Waals surface area (Å²) < 4.78 is 27.2. The zero-order valence-corrected chi connectivity index (χ0v) is 18.5. The molecule has 0 aliphatic heterocycles. The van der Waals surface area contributed by atoms with Gasteiger partial charge < -0.3 is 5.32 Å². The summed E-state index contributed by atoms with van der Waals surface area (Å²) in [4.78, 5) is 12.4. The molecule has 0 unspecified atom stereocenters. The topological polar surface area (TPSA) is 87.3 Å². The van der Waals surface area contributed by atoms with Crippen LogP contribution in [0.3, 0.4) is 0 Å². The van der Waals surface area contributed by atoms with Crippen molar-refractivity contribution < 1.29 is 13.2 Å². The number of carbonyl (C=O) groups excluding carboxylic acids is 1. The van der Waals surface area contributed by atoms with Gasteiger partial charge in [-0.2, -0.15) is 0 Å². The second-order valence-corrected chi connectivity index (χ2v) is 9.85. The summed E-state index contributed by atoms with van der Waals surface area (Å²) in [7, 11) is -3.63. The standard InChI is InChI=1S/C18H19Cl2N3O3S2/c1-18(2,3)23-28(25,26)13-7-5-12(6-8-13)21-17(27)22-16(24)14-9-4-11(19)10-15(14)20/h4-10,23H,1-3H3,(H2,21,22,24,27). The van der Waals surface area contributed by atoms with Crippen molar-refractivity contribution in [1.29, 1.82) is 0 Å². The molecule has 0 aromatic heterocycles. The summed E-state index contributed by atoms with van der Waals surface area (Å²) in [5, 5.41) is 5.98. The first-order valence-corrected chi connectivity index (χ1v) is 10.7. The molecule has 2 rings (SSSR count). The molecule has 0 bridgehead atoms. The molecule has 1 amide bonds. The van der Waals surface area contributed by atoms with E-state index in [1.165, 1.54) is 24.3 Å². The van der Waals surface area contributed by atoms with Gasteiger partial charge in [-0.25, -0.2) is 13.1 Å². The van der Waals surface area contributed by atoms with Crippen LogP contribution in [0.1, 0.15) is 31.1 Å². The number of halogens is 2. The van der Waals surface area contributed by atoms with Gasteiger partial charge in [0.2, 0.25) is 10.0 Å². The largest absolute Gasteiger partial charge is 0.332 e. The van der Waals surface area contributed by atoms with Gasteiger partial charge in [0.05, 0.1) is 15.5 Å². The fourth-order valence-electron chi connectivity index (χ4n) is 2.19. The molecule has 0 radical (unpaired) electrons. The molecule has 0 spiro atoms. The number of nitrogens with one attached hydrogen (secondary N) is 3. The van der Waals surface area contributed by atoms with Crippen LogP contribution in [0.5, 0.6) is 0 Å². The van der Waals surface area contributed by atoms with Gasteiger partial charge in [0.25, 0.3) is 5.91 Å². The molecule has 2 aromatic rings. The number of thiocarbonyl (C=S) groups is 1. The molecule has 150 valence electrons. The van der Waals surface area contributed by atoms with Crippen LogP contribution in [0.25, 0.3) is 0 Å². The van der Waals surface area contributed by atoms with Crippen molar-refractivity contribution in [2.75, 3.05) is 5.32 Å². The van der Waals surface area contributed by atoms with E-state index < -0.39 is 21.5 Å². The first kappa shape index (κ1) is 22.6. The Labute approximate surface area is 179 Å². The Morgan fingerprint density at radius 3 is 2.18 bits per heavy atom. The van der Waals surface area contributed by atoms with E-state index in [0.717, 1.165) is 0 Å². The summed E-state index contributed by atoms with van der Waals surface area (Å²) in [5.41, 5.74) is 0.150. The number of benzene rings is 2. The van der Waals surface area contributed by atoms with E-state index in [0.29, 0.717) is 10.7 Å². The second kappa shape index (κ2) is 8.75. The maximum absolute atomic E-state index is 12.3. The molecule has 3 N–H and O–H groups in total. The first-order chi connectivity index (χ1) is 12.9. The fourth-order valence-corrected chi connectivity index (χ4v) is 4.31. The van der Waals surface area contributed by atoms with E-state index in [-0.39, 0.29) is 20.6 Å². The number of sulfonamides is 1. The first-order valence-electron chi connectivity index (χ1n) is 8.09. The highest BCUT2D eigenvalue weighted by atomic mass is 35.5. The van der Waals surface area contributed by atoms with Gasteiger partial charge in [0, 0.05) is 16.2 Å². The summed E-state index contributed by atoms with van der Waals surface area (Å²) in [6.07, 6.45) is 0. The zero-order chi connectivity index (χ0) is 21.1. The molecule has 28 heavy (non-hydrogen) atoms. The quantitative estimate of drug-likeness (QED) is 0.596. The van der Waals surface area contributed by atoms with Crippen molar-refractivity contribution >= 4 is 62.2 Å². The lowest BCUT2D eigenvalue weighted by atomic mass is 10.1. The molecule has 0 atom stereocenters. The third kappa shape index (κ3) is 6.42. The molecular weight excluding hydrogens is 441 g/mol. The number of hydrogen-bond donors (Lipinski definition) is 3. The summed E-state index contributed by atoms with van der Waals surface area (Å²) in [5.74, 6) is -0.493. The Bertz CT molecular complexity index is 1000. The summed E-state index contributed by atoms with van der Waals surface area (Å²) in [6, 6.07) is 10.5. The number of amides is 1. The van der Waals surface area contributed by atoms with Crippen LogP contribution in [-0.2, 0) is 10.0 Å². The molecule has 0 saturated heterocycles. The van der Waals surface area contributed by atoms with Gasteiger partial charge in [-0.3, -0.25) is 10.1 Å². The van der Waals surface area contributed by atoms with Gasteiger partial charge in [0.1, 0.15) is 0 Å². The number of rotatable bonds is 4. The van der Waals surface area contributed by atoms with Crippen molar-refractivity contribution in [2.45, 2.75) is 31.2 Å². The van der Waals surface area contributed by atoms with E-state index in [1.807, 2.05) is 0 Å². The molecule has 10 heteroatoms. The molecule has 0 saturated carbocycles. The van der Waals surface area contributed by atoms with Crippen molar-refractivity contribution in [3.63, 3.8) is 0 Å². The average Bonchev–Trinajstić information content (AvgIpc) is 2.52. The molecule has 0 heterocycles. The van der Waals surface area contributed by atoms with E-state index in [1.54, 1.807) is 39.0 Å². The van der Waals surface area contributed by atoms with Crippen molar-refractivity contribution in [3.8, 4) is 0 Å². The van der Waals surface area contributed by atoms with Gasteiger partial charge in [-0.05, 0) is 75.5 Å². The minimum absolute atomic E-state index is 0.0411. The third-order valence-corrected chi connectivity index (χ3v) is 5.79. The molecule has 0 aliphatic carbocycles. The Balaban J connectivity index is 2.04. The van der Waals surface area contributed by atoms with E-state index in [9.17, 15) is 13.2 Å². The number of carbonyl (C=O) groups is 1. The molecule has 6 nitrogen and oxygen atoms in total. The summed E-state index contributed by atoms with van der Waals surface area (Å²) in [6.45, 7) is 5.28. The minimum Gasteiger partial charge on any atom is -0.332 e. The predicted molar refractivity (Wildman–Crippen MR) is 117 cm³/mol. The third-order valence-electron chi connectivity index (χ3n) is 3.27. The zero-order valence-electron chi connectivity index (χ0n) is 15.3. The lowest BCUT2D eigenvalue weighted by Crippen LogP contribution is -2.40. The molecular formula is C18H19Cl2N3O3S2. The minimum atomic E-state index is -3.63. The smallest absolute Gasteiger partial charge is 0.258 e. The van der Waals surface area contributed by atoms with E-state index in [2.05, 4.69) is 15.4 Å². The average molecular weight is 460 g/mol. The lowest BCUT2D eigenvalue weighted by molar-refractivity contribution is 0.0978. The highest BCUT2D eigenvalue weighted by Gasteiger charge is 2.21. The Kier molecular flexibility index (Phi) is 7.06. The highest BCUT2D eigenvalue weighted by Crippen LogP contribution is 2.21. The second-order valence-electron chi connectivity index (χ2n) is 6.91. The normalized spacial score (nSPS) is 11.8. The van der Waals surface area contributed by atoms with Crippen molar-refractivity contribution in [1.82, 2.24) is 10.0 Å². The Morgan fingerprint density at radius 1 is 1.04 bits per heavy atom. The van der Waals surface area contributed by atoms with Crippen LogP contribution in [0.2, 0.25) is 10.0 Å². The molecule has 2 aromatic carbocycles. The Hall–Kier alpha value is -1.71. The van der Waals surface area contributed by atoms with Gasteiger partial charge >= 0.3 is 0 Å². The fraction of sp³-hybridized carbons (Fsp3) is 0.222. The van der Waals surface area contributed by atoms with Crippen LogP contribution in [-0.4, -0.2) is 25.0 Å². The maximum Gasteiger partial charge on any atom is 0.258 e. The van der Waals surface area contributed by atoms with Gasteiger partial charge in [-0.1, -0.05) is 23.2 Å². The van der Waals surface area contributed by atoms with Crippen LogP contribution >= 0.6 is 35.4 Å². The van der Waals surface area contributed by atoms with Crippen LogP contribution < -0.4 is 15.4 Å². The van der Waals surface area contributed by atoms with Crippen molar-refractivity contribution in [3.05, 3.63) is 58.1 Å². The maximum atomic E-state index is 12.3. The predicted octanol–water partition coefficient (Wildman–Crippen LogP) is 4.20. The monoisotopic (exact) mass is 459 g/mol. The highest BCUT2D eigenvalue weighted by molar-refractivity contribution is 7.89. The van der Waals surface area contributed by atoms with Crippen LogP contribution in [0.4, 0.5) is 5.69 Å². The lowest BCUT2D eigenvalue weighted by Gasteiger charge is -2.20. The van der Waals surface area contributed by atoms with Crippen LogP contribution in [0.15, 0.2) is 47.4 Å². The van der Waals surface area contributed by atoms with Gasteiger partial charge in [-0.15, -0.1) is 0 Å². The Morgan fingerprint density at radius 2 is 1.64 bits per heavy atom. The van der Waals surface area contributed by atoms with Gasteiger partial charge in [0.15, 0.2) is 5.11 Å². The number of hydrogen-bond acceptors (Lipinski definition) is 4. The summed E-state index contributed by atoms with van der Waals surface area (Å²) >= 11 is 16.9.